The van der Waals surface area contributed by atoms with Gasteiger partial charge < -0.3 is 0 Å². The van der Waals surface area contributed by atoms with Crippen LogP contribution in [0.25, 0.3) is 0 Å². The average Bonchev–Trinajstić information content (AvgIpc) is 1.65. The standard InChI is InChI=1S/CH2N4Se/c2-4-1(6)5-3/h2-3H. The first kappa shape index (κ1) is 5.59. The van der Waals surface area contributed by atoms with Gasteiger partial charge in [-0.15, -0.1) is 0 Å². The minimum absolute atomic E-state index is 0.0509. The van der Waals surface area contributed by atoms with Crippen molar-refractivity contribution in [3.8, 4) is 0 Å². The fourth-order valence-corrected chi connectivity index (χ4v) is 0.0250. The van der Waals surface area contributed by atoms with Crippen LogP contribution in [0.5, 0.6) is 0 Å². The molecule has 0 aliphatic carbocycles. The van der Waals surface area contributed by atoms with Gasteiger partial charge in [0.15, 0.2) is 0 Å². The maximum absolute atomic E-state index is 6.15. The zero-order valence-corrected chi connectivity index (χ0v) is 4.52. The molecule has 0 amide bonds. The van der Waals surface area contributed by atoms with E-state index >= 15 is 0 Å². The van der Waals surface area contributed by atoms with Gasteiger partial charge in [-0.05, 0) is 0 Å². The summed E-state index contributed by atoms with van der Waals surface area (Å²) in [5.74, 6) is 0. The van der Waals surface area contributed by atoms with E-state index < -0.39 is 0 Å². The van der Waals surface area contributed by atoms with E-state index in [2.05, 4.69) is 25.8 Å². The first-order valence-corrected chi connectivity index (χ1v) is 1.96. The summed E-state index contributed by atoms with van der Waals surface area (Å²) in [7, 11) is 0. The van der Waals surface area contributed by atoms with Crippen molar-refractivity contribution in [3.63, 3.8) is 0 Å². The van der Waals surface area contributed by atoms with Crippen molar-refractivity contribution in [3.05, 3.63) is 0 Å². The molecule has 0 aromatic heterocycles. The van der Waals surface area contributed by atoms with E-state index in [-0.39, 0.29) is 4.67 Å². The van der Waals surface area contributed by atoms with Crippen LogP contribution in [-0.2, 0) is 0 Å². The number of rotatable bonds is 2. The second kappa shape index (κ2) is 2.81. The van der Waals surface area contributed by atoms with Crippen LogP contribution in [0.4, 0.5) is 0 Å². The van der Waals surface area contributed by atoms with Crippen LogP contribution < -0.4 is 0 Å². The van der Waals surface area contributed by atoms with Crippen molar-refractivity contribution in [2.24, 2.45) is 10.2 Å². The zero-order valence-electron chi connectivity index (χ0n) is 2.80. The van der Waals surface area contributed by atoms with Crippen LogP contribution in [0, 0.1) is 11.1 Å². The summed E-state index contributed by atoms with van der Waals surface area (Å²) in [5.41, 5.74) is 12.3. The fraction of sp³-hybridized carbons (Fsp3) is 0. The molecule has 0 atom stereocenters. The minimum atomic E-state index is 0.0509. The van der Waals surface area contributed by atoms with E-state index in [0.717, 1.165) is 0 Å². The Balaban J connectivity index is 3.52. The van der Waals surface area contributed by atoms with Gasteiger partial charge in [0.05, 0.1) is 0 Å². The van der Waals surface area contributed by atoms with E-state index in [4.69, 9.17) is 11.1 Å². The summed E-state index contributed by atoms with van der Waals surface area (Å²) in [6.07, 6.45) is 0. The van der Waals surface area contributed by atoms with E-state index in [9.17, 15) is 0 Å². The van der Waals surface area contributed by atoms with Gasteiger partial charge >= 0.3 is 41.5 Å². The summed E-state index contributed by atoms with van der Waals surface area (Å²) < 4.78 is 0.0509. The molecule has 0 aliphatic rings. The van der Waals surface area contributed by atoms with Crippen molar-refractivity contribution in [2.75, 3.05) is 0 Å². The Morgan fingerprint density at radius 1 is 1.33 bits per heavy atom. The predicted octanol–water partition coefficient (Wildman–Crippen LogP) is 0.304. The second-order valence-corrected chi connectivity index (χ2v) is 1.27. The molecule has 6 heavy (non-hydrogen) atoms. The van der Waals surface area contributed by atoms with Gasteiger partial charge in [-0.1, -0.05) is 0 Å². The molecule has 4 nitrogen and oxygen atoms in total. The van der Waals surface area contributed by atoms with Gasteiger partial charge in [-0.2, -0.15) is 0 Å². The average molecular weight is 149 g/mol. The summed E-state index contributed by atoms with van der Waals surface area (Å²) in [6.45, 7) is 0. The molecule has 0 saturated heterocycles. The van der Waals surface area contributed by atoms with Crippen LogP contribution in [0.3, 0.4) is 0 Å². The molecular formula is CH2N4Se. The van der Waals surface area contributed by atoms with Crippen LogP contribution in [0.2, 0.25) is 0 Å². The maximum atomic E-state index is 6.15. The summed E-state index contributed by atoms with van der Waals surface area (Å²) >= 11 is 2.28. The van der Waals surface area contributed by atoms with E-state index in [1.54, 1.807) is 0 Å². The Kier molecular flexibility index (Phi) is 2.62. The molecule has 0 heterocycles. The monoisotopic (exact) mass is 150 g/mol. The first-order chi connectivity index (χ1) is 2.81. The van der Waals surface area contributed by atoms with Crippen molar-refractivity contribution in [2.45, 2.75) is 0 Å². The Morgan fingerprint density at radius 3 is 1.67 bits per heavy atom. The van der Waals surface area contributed by atoms with E-state index in [1.807, 2.05) is 0 Å². The van der Waals surface area contributed by atoms with Gasteiger partial charge in [0, 0.05) is 0 Å². The molecule has 0 radical (unpaired) electrons. The molecule has 0 saturated carbocycles. The third-order valence-electron chi connectivity index (χ3n) is 0.191. The van der Waals surface area contributed by atoms with Gasteiger partial charge in [-0.25, -0.2) is 0 Å². The van der Waals surface area contributed by atoms with Crippen LogP contribution >= 0.6 is 0 Å². The molecule has 2 N–H and O–H groups in total. The molecule has 5 heteroatoms. The van der Waals surface area contributed by atoms with Gasteiger partial charge in [0.2, 0.25) is 0 Å². The molecule has 0 bridgehead atoms. The SMILES string of the molecule is N=NC(=[Se])N=N. The summed E-state index contributed by atoms with van der Waals surface area (Å²) in [4.78, 5) is 0. The second-order valence-electron chi connectivity index (χ2n) is 0.506. The Morgan fingerprint density at radius 2 is 1.67 bits per heavy atom. The molecule has 0 spiro atoms. The third kappa shape index (κ3) is 1.87. The molecule has 0 aromatic carbocycles. The molecule has 0 aliphatic heterocycles. The van der Waals surface area contributed by atoms with E-state index in [1.165, 1.54) is 0 Å². The van der Waals surface area contributed by atoms with Gasteiger partial charge in [-0.3, -0.25) is 0 Å². The fourth-order valence-electron chi connectivity index (χ4n) is 0.0250. The summed E-state index contributed by atoms with van der Waals surface area (Å²) in [6, 6.07) is 0. The molecule has 32 valence electrons. The number of nitrogens with zero attached hydrogens (tertiary/aromatic N) is 2. The van der Waals surface area contributed by atoms with Crippen molar-refractivity contribution in [1.82, 2.24) is 0 Å². The molecule has 0 unspecified atom stereocenters. The number of hydrogen-bond acceptors (Lipinski definition) is 4. The molecule has 0 aromatic rings. The molecular weight excluding hydrogens is 147 g/mol. The van der Waals surface area contributed by atoms with E-state index in [0.29, 0.717) is 0 Å². The number of hydrogen-bond donors (Lipinski definition) is 2. The Hall–Kier alpha value is -0.411. The first-order valence-electron chi connectivity index (χ1n) is 1.10. The molecule has 0 fully saturated rings. The van der Waals surface area contributed by atoms with Crippen molar-refractivity contribution < 1.29 is 0 Å². The normalized spacial score (nSPS) is 6.67. The van der Waals surface area contributed by atoms with Crippen LogP contribution in [0.1, 0.15) is 0 Å². The Bertz CT molecular complexity index is 75.5. The molecule has 0 rings (SSSR count). The Labute approximate surface area is 42.3 Å². The predicted molar refractivity (Wildman–Crippen MR) is 21.1 cm³/mol. The topological polar surface area (TPSA) is 72.4 Å². The zero-order chi connectivity index (χ0) is 4.99. The van der Waals surface area contributed by atoms with Crippen molar-refractivity contribution in [1.29, 1.82) is 11.1 Å². The third-order valence-corrected chi connectivity index (χ3v) is 0.574. The quantitative estimate of drug-likeness (QED) is 0.418. The van der Waals surface area contributed by atoms with Crippen LogP contribution in [-0.4, -0.2) is 20.2 Å². The number of nitrogens with one attached hydrogen (secondary N) is 2. The summed E-state index contributed by atoms with van der Waals surface area (Å²) in [5, 5.41) is 5.53. The van der Waals surface area contributed by atoms with Gasteiger partial charge in [0.1, 0.15) is 0 Å². The van der Waals surface area contributed by atoms with Gasteiger partial charge in [0.25, 0.3) is 0 Å². The van der Waals surface area contributed by atoms with Crippen molar-refractivity contribution >= 4 is 20.2 Å². The van der Waals surface area contributed by atoms with Crippen LogP contribution in [0.15, 0.2) is 10.2 Å².